The van der Waals surface area contributed by atoms with E-state index < -0.39 is 0 Å². The van der Waals surface area contributed by atoms with Crippen molar-refractivity contribution in [3.05, 3.63) is 36.5 Å². The van der Waals surface area contributed by atoms with Gasteiger partial charge in [-0.25, -0.2) is 0 Å². The minimum Gasteiger partial charge on any atom is -0.294 e. The number of ketones is 1. The van der Waals surface area contributed by atoms with Gasteiger partial charge < -0.3 is 0 Å². The fourth-order valence-corrected chi connectivity index (χ4v) is 1.09. The van der Waals surface area contributed by atoms with E-state index in [1.165, 1.54) is 0 Å². The summed E-state index contributed by atoms with van der Waals surface area (Å²) in [6.45, 7) is 5.51. The van der Waals surface area contributed by atoms with E-state index in [0.717, 1.165) is 5.57 Å². The van der Waals surface area contributed by atoms with E-state index in [1.54, 1.807) is 6.08 Å². The van der Waals surface area contributed by atoms with Crippen molar-refractivity contribution in [2.75, 3.05) is 5.33 Å². The molecule has 12 heavy (non-hydrogen) atoms. The molecule has 0 amide bonds. The average molecular weight is 229 g/mol. The van der Waals surface area contributed by atoms with Crippen LogP contribution in [0.3, 0.4) is 0 Å². The Kier molecular flexibility index (Phi) is 6.67. The Morgan fingerprint density at radius 2 is 2.25 bits per heavy atom. The van der Waals surface area contributed by atoms with Gasteiger partial charge in [0.1, 0.15) is 0 Å². The number of rotatable bonds is 5. The predicted molar refractivity (Wildman–Crippen MR) is 56.5 cm³/mol. The Labute approximate surface area is 82.0 Å². The molecule has 0 atom stereocenters. The first kappa shape index (κ1) is 11.4. The average Bonchev–Trinajstić information content (AvgIpc) is 2.11. The monoisotopic (exact) mass is 228 g/mol. The molecule has 66 valence electrons. The van der Waals surface area contributed by atoms with E-state index in [2.05, 4.69) is 22.5 Å². The number of Topliss-reactive ketones (excluding diaryl/α,β-unsaturated/α-hetero) is 1. The Morgan fingerprint density at radius 3 is 2.67 bits per heavy atom. The molecule has 0 aromatic heterocycles. The van der Waals surface area contributed by atoms with Crippen molar-refractivity contribution >= 4 is 21.7 Å². The van der Waals surface area contributed by atoms with Crippen LogP contribution in [0, 0.1) is 0 Å². The lowest BCUT2D eigenvalue weighted by Crippen LogP contribution is -2.02. The van der Waals surface area contributed by atoms with Crippen LogP contribution >= 0.6 is 15.9 Å². The van der Waals surface area contributed by atoms with E-state index in [0.29, 0.717) is 11.8 Å². The number of halogens is 1. The number of carbonyl (C=O) groups is 1. The first-order valence-corrected chi connectivity index (χ1v) is 4.90. The molecule has 0 aromatic carbocycles. The van der Waals surface area contributed by atoms with Crippen molar-refractivity contribution in [3.63, 3.8) is 0 Å². The normalized spacial score (nSPS) is 12.0. The first-order chi connectivity index (χ1) is 5.76. The van der Waals surface area contributed by atoms with Gasteiger partial charge in [-0.3, -0.25) is 4.79 Å². The topological polar surface area (TPSA) is 17.1 Å². The second-order valence-corrected chi connectivity index (χ2v) is 2.83. The highest BCUT2D eigenvalue weighted by atomic mass is 79.9. The minimum atomic E-state index is 0.119. The van der Waals surface area contributed by atoms with Crippen LogP contribution in [0.2, 0.25) is 0 Å². The van der Waals surface area contributed by atoms with E-state index in [1.807, 2.05) is 25.2 Å². The van der Waals surface area contributed by atoms with Gasteiger partial charge in [0, 0.05) is 0 Å². The molecule has 0 unspecified atom stereocenters. The predicted octanol–water partition coefficient (Wildman–Crippen LogP) is 3.03. The maximum atomic E-state index is 11.2. The van der Waals surface area contributed by atoms with Crippen molar-refractivity contribution in [1.29, 1.82) is 0 Å². The molecule has 0 spiro atoms. The van der Waals surface area contributed by atoms with Crippen LogP contribution in [-0.4, -0.2) is 11.1 Å². The number of carbonyl (C=O) groups excluding carboxylic acids is 1. The highest BCUT2D eigenvalue weighted by Crippen LogP contribution is 2.05. The van der Waals surface area contributed by atoms with Crippen LogP contribution in [0.1, 0.15) is 13.3 Å². The molecule has 0 aliphatic rings. The van der Waals surface area contributed by atoms with Gasteiger partial charge in [0.15, 0.2) is 5.78 Å². The lowest BCUT2D eigenvalue weighted by molar-refractivity contribution is -0.113. The molecule has 1 nitrogen and oxygen atoms in total. The Hall–Kier alpha value is -0.630. The standard InChI is InChI=1S/C10H13BrO/c1-3-5-7-9(6-4-2)10(12)8-11/h3-5,7H,2,6,8H2,1H3/b5-3-,9-7+. The largest absolute Gasteiger partial charge is 0.294 e. The molecule has 0 aliphatic carbocycles. The third-order valence-corrected chi connectivity index (χ3v) is 1.84. The molecule has 0 rings (SSSR count). The van der Waals surface area contributed by atoms with Crippen LogP contribution in [0.25, 0.3) is 0 Å². The number of hydrogen-bond acceptors (Lipinski definition) is 1. The summed E-state index contributed by atoms with van der Waals surface area (Å²) in [6, 6.07) is 0. The summed E-state index contributed by atoms with van der Waals surface area (Å²) in [5.74, 6) is 0.119. The third kappa shape index (κ3) is 4.29. The van der Waals surface area contributed by atoms with E-state index >= 15 is 0 Å². The quantitative estimate of drug-likeness (QED) is 0.306. The minimum absolute atomic E-state index is 0.119. The SMILES string of the molecule is C=CC/C(=C\C=C/C)C(=O)CBr. The molecule has 0 radical (unpaired) electrons. The number of alkyl halides is 1. The van der Waals surface area contributed by atoms with Crippen molar-refractivity contribution in [3.8, 4) is 0 Å². The molecule has 2 heteroatoms. The van der Waals surface area contributed by atoms with Crippen molar-refractivity contribution < 1.29 is 4.79 Å². The van der Waals surface area contributed by atoms with Crippen molar-refractivity contribution in [2.24, 2.45) is 0 Å². The van der Waals surface area contributed by atoms with Gasteiger partial charge in [-0.15, -0.1) is 6.58 Å². The fourth-order valence-electron chi connectivity index (χ4n) is 0.729. The summed E-state index contributed by atoms with van der Waals surface area (Å²) in [5, 5.41) is 0.379. The summed E-state index contributed by atoms with van der Waals surface area (Å²) in [4.78, 5) is 11.2. The van der Waals surface area contributed by atoms with Crippen LogP contribution in [-0.2, 0) is 4.79 Å². The van der Waals surface area contributed by atoms with Crippen molar-refractivity contribution in [2.45, 2.75) is 13.3 Å². The van der Waals surface area contributed by atoms with Gasteiger partial charge in [0.25, 0.3) is 0 Å². The van der Waals surface area contributed by atoms with Gasteiger partial charge in [0.05, 0.1) is 5.33 Å². The van der Waals surface area contributed by atoms with Crippen LogP contribution in [0.15, 0.2) is 36.5 Å². The summed E-state index contributed by atoms with van der Waals surface area (Å²) in [6.07, 6.45) is 7.94. The molecule has 0 N–H and O–H groups in total. The highest BCUT2D eigenvalue weighted by molar-refractivity contribution is 9.09. The molecule has 0 saturated heterocycles. The Bertz CT molecular complexity index is 214. The van der Waals surface area contributed by atoms with Crippen molar-refractivity contribution in [1.82, 2.24) is 0 Å². The molecule has 0 aromatic rings. The number of hydrogen-bond donors (Lipinski definition) is 0. The summed E-state index contributed by atoms with van der Waals surface area (Å²) >= 11 is 3.13. The zero-order valence-corrected chi connectivity index (χ0v) is 8.80. The van der Waals surface area contributed by atoms with Gasteiger partial charge in [-0.1, -0.05) is 40.2 Å². The van der Waals surface area contributed by atoms with E-state index in [4.69, 9.17) is 0 Å². The smallest absolute Gasteiger partial charge is 0.169 e. The molecule has 0 bridgehead atoms. The maximum absolute atomic E-state index is 11.2. The second-order valence-electron chi connectivity index (χ2n) is 2.27. The van der Waals surface area contributed by atoms with Gasteiger partial charge >= 0.3 is 0 Å². The number of allylic oxidation sites excluding steroid dienone is 5. The Balaban J connectivity index is 4.41. The molecular formula is C10H13BrO. The molecular weight excluding hydrogens is 216 g/mol. The summed E-state index contributed by atoms with van der Waals surface area (Å²) in [7, 11) is 0. The van der Waals surface area contributed by atoms with E-state index in [9.17, 15) is 4.79 Å². The molecule has 0 fully saturated rings. The Morgan fingerprint density at radius 1 is 1.58 bits per heavy atom. The first-order valence-electron chi connectivity index (χ1n) is 3.78. The van der Waals surface area contributed by atoms with Crippen LogP contribution in [0.4, 0.5) is 0 Å². The molecule has 0 saturated carbocycles. The van der Waals surface area contributed by atoms with Gasteiger partial charge in [0.2, 0.25) is 0 Å². The zero-order valence-electron chi connectivity index (χ0n) is 7.22. The van der Waals surface area contributed by atoms with E-state index in [-0.39, 0.29) is 5.78 Å². The molecule has 0 heterocycles. The highest BCUT2D eigenvalue weighted by Gasteiger charge is 2.03. The molecule has 0 aliphatic heterocycles. The fraction of sp³-hybridized carbons (Fsp3) is 0.300. The zero-order chi connectivity index (χ0) is 9.40. The van der Waals surface area contributed by atoms with Crippen LogP contribution in [0.5, 0.6) is 0 Å². The van der Waals surface area contributed by atoms with Crippen LogP contribution < -0.4 is 0 Å². The lowest BCUT2D eigenvalue weighted by atomic mass is 10.1. The van der Waals surface area contributed by atoms with Gasteiger partial charge in [-0.05, 0) is 18.9 Å². The maximum Gasteiger partial charge on any atom is 0.169 e. The van der Waals surface area contributed by atoms with Gasteiger partial charge in [-0.2, -0.15) is 0 Å². The summed E-state index contributed by atoms with van der Waals surface area (Å²) < 4.78 is 0. The third-order valence-electron chi connectivity index (χ3n) is 1.33. The summed E-state index contributed by atoms with van der Waals surface area (Å²) in [5.41, 5.74) is 0.792. The second kappa shape index (κ2) is 7.04. The lowest BCUT2D eigenvalue weighted by Gasteiger charge is -1.97.